The first-order chi connectivity index (χ1) is 14.5. The van der Waals surface area contributed by atoms with Crippen molar-refractivity contribution in [2.24, 2.45) is 5.92 Å². The lowest BCUT2D eigenvalue weighted by atomic mass is 10.1. The second-order valence-electron chi connectivity index (χ2n) is 6.84. The zero-order chi connectivity index (χ0) is 21.8. The van der Waals surface area contributed by atoms with E-state index < -0.39 is 29.9 Å². The van der Waals surface area contributed by atoms with Crippen molar-refractivity contribution in [3.05, 3.63) is 35.9 Å². The van der Waals surface area contributed by atoms with E-state index in [0.29, 0.717) is 12.4 Å². The number of carbonyl (C=O) groups excluding carboxylic acids is 4. The Labute approximate surface area is 175 Å². The van der Waals surface area contributed by atoms with Crippen molar-refractivity contribution in [2.45, 2.75) is 38.9 Å². The minimum absolute atomic E-state index is 0.0230. The molecule has 2 unspecified atom stereocenters. The molecule has 0 radical (unpaired) electrons. The van der Waals surface area contributed by atoms with Crippen molar-refractivity contribution in [1.82, 2.24) is 0 Å². The van der Waals surface area contributed by atoms with Gasteiger partial charge in [0.2, 0.25) is 6.29 Å². The number of esters is 2. The van der Waals surface area contributed by atoms with Crippen LogP contribution in [0.4, 0.5) is 0 Å². The Hall–Kier alpha value is -3.00. The predicted molar refractivity (Wildman–Crippen MR) is 106 cm³/mol. The van der Waals surface area contributed by atoms with Gasteiger partial charge in [-0.3, -0.25) is 14.4 Å². The fraction of sp³-hybridized carbons (Fsp3) is 0.455. The second-order valence-corrected chi connectivity index (χ2v) is 6.84. The average molecular weight is 418 g/mol. The standard InChI is InChI=1S/C22H26O8/c1-16(14-18(24)15-23)22(26)29-13-12-27-19-8-5-17(6-9-19)7-10-20(25)30-21-4-2-3-11-28-21/h5-10,15-16,21H,2-4,11-14H2,1H3. The highest BCUT2D eigenvalue weighted by molar-refractivity contribution is 6.25. The van der Waals surface area contributed by atoms with Crippen LogP contribution in [0.1, 0.15) is 38.2 Å². The first-order valence-corrected chi connectivity index (χ1v) is 9.85. The van der Waals surface area contributed by atoms with Crippen LogP contribution >= 0.6 is 0 Å². The maximum absolute atomic E-state index is 11.8. The summed E-state index contributed by atoms with van der Waals surface area (Å²) < 4.78 is 21.1. The molecular weight excluding hydrogens is 392 g/mol. The van der Waals surface area contributed by atoms with Crippen molar-refractivity contribution in [3.8, 4) is 5.75 Å². The average Bonchev–Trinajstić information content (AvgIpc) is 2.76. The zero-order valence-electron chi connectivity index (χ0n) is 16.9. The Kier molecular flexibility index (Phi) is 9.73. The van der Waals surface area contributed by atoms with Crippen molar-refractivity contribution in [1.29, 1.82) is 0 Å². The minimum atomic E-state index is -0.676. The van der Waals surface area contributed by atoms with Gasteiger partial charge in [0.25, 0.3) is 0 Å². The van der Waals surface area contributed by atoms with E-state index in [2.05, 4.69) is 0 Å². The smallest absolute Gasteiger partial charge is 0.333 e. The number of Topliss-reactive ketones (excluding diaryl/α,β-unsaturated/α-hetero) is 1. The van der Waals surface area contributed by atoms with Crippen molar-refractivity contribution in [2.75, 3.05) is 19.8 Å². The van der Waals surface area contributed by atoms with E-state index in [1.54, 1.807) is 30.3 Å². The van der Waals surface area contributed by atoms with Crippen LogP contribution in [-0.4, -0.2) is 50.1 Å². The summed E-state index contributed by atoms with van der Waals surface area (Å²) in [4.78, 5) is 44.8. The summed E-state index contributed by atoms with van der Waals surface area (Å²) in [6, 6.07) is 7.00. The van der Waals surface area contributed by atoms with Crippen LogP contribution in [-0.2, 0) is 33.4 Å². The highest BCUT2D eigenvalue weighted by Crippen LogP contribution is 2.15. The number of hydrogen-bond donors (Lipinski definition) is 0. The third-order valence-electron chi connectivity index (χ3n) is 4.32. The molecule has 0 amide bonds. The predicted octanol–water partition coefficient (Wildman–Crippen LogP) is 2.49. The lowest BCUT2D eigenvalue weighted by Crippen LogP contribution is -2.24. The maximum atomic E-state index is 11.8. The Balaban J connectivity index is 1.67. The van der Waals surface area contributed by atoms with Crippen LogP contribution in [0.5, 0.6) is 5.75 Å². The summed E-state index contributed by atoms with van der Waals surface area (Å²) in [5.41, 5.74) is 0.795. The molecule has 0 spiro atoms. The van der Waals surface area contributed by atoms with Crippen LogP contribution in [0.25, 0.3) is 6.08 Å². The van der Waals surface area contributed by atoms with Gasteiger partial charge in [0.05, 0.1) is 12.5 Å². The molecule has 1 aliphatic rings. The quantitative estimate of drug-likeness (QED) is 0.177. The first kappa shape index (κ1) is 23.3. The van der Waals surface area contributed by atoms with Gasteiger partial charge in [0.1, 0.15) is 19.0 Å². The zero-order valence-corrected chi connectivity index (χ0v) is 16.9. The Morgan fingerprint density at radius 3 is 2.60 bits per heavy atom. The lowest BCUT2D eigenvalue weighted by molar-refractivity contribution is -0.181. The number of carbonyl (C=O) groups is 4. The summed E-state index contributed by atoms with van der Waals surface area (Å²) >= 11 is 0. The summed E-state index contributed by atoms with van der Waals surface area (Å²) in [6.07, 6.45) is 5.25. The van der Waals surface area contributed by atoms with Gasteiger partial charge in [0, 0.05) is 18.9 Å². The fourth-order valence-corrected chi connectivity index (χ4v) is 2.69. The molecule has 162 valence electrons. The molecule has 1 aromatic rings. The van der Waals surface area contributed by atoms with Crippen LogP contribution in [0.3, 0.4) is 0 Å². The Bertz CT molecular complexity index is 747. The van der Waals surface area contributed by atoms with Gasteiger partial charge < -0.3 is 18.9 Å². The second kappa shape index (κ2) is 12.5. The highest BCUT2D eigenvalue weighted by Gasteiger charge is 2.18. The lowest BCUT2D eigenvalue weighted by Gasteiger charge is -2.21. The molecule has 1 aliphatic heterocycles. The molecule has 2 atom stereocenters. The van der Waals surface area contributed by atoms with E-state index >= 15 is 0 Å². The molecule has 0 N–H and O–H groups in total. The van der Waals surface area contributed by atoms with Gasteiger partial charge in [-0.1, -0.05) is 19.1 Å². The highest BCUT2D eigenvalue weighted by atomic mass is 16.7. The third-order valence-corrected chi connectivity index (χ3v) is 4.32. The number of hydrogen-bond acceptors (Lipinski definition) is 8. The molecule has 1 heterocycles. The van der Waals surface area contributed by atoms with Crippen LogP contribution in [0.2, 0.25) is 0 Å². The number of rotatable bonds is 11. The SMILES string of the molecule is CC(CC(=O)C=O)C(=O)OCCOc1ccc(C=CC(=O)OC2CCCCO2)cc1. The van der Waals surface area contributed by atoms with Gasteiger partial charge >= 0.3 is 11.9 Å². The van der Waals surface area contributed by atoms with E-state index in [-0.39, 0.29) is 25.9 Å². The Morgan fingerprint density at radius 2 is 1.93 bits per heavy atom. The molecule has 0 saturated carbocycles. The molecule has 1 saturated heterocycles. The van der Waals surface area contributed by atoms with E-state index in [1.165, 1.54) is 13.0 Å². The van der Waals surface area contributed by atoms with E-state index in [0.717, 1.165) is 24.8 Å². The first-order valence-electron chi connectivity index (χ1n) is 9.85. The van der Waals surface area contributed by atoms with Crippen molar-refractivity contribution < 1.29 is 38.1 Å². The molecule has 1 fully saturated rings. The van der Waals surface area contributed by atoms with Gasteiger partial charge in [-0.25, -0.2) is 4.79 Å². The summed E-state index contributed by atoms with van der Waals surface area (Å²) in [6.45, 7) is 2.30. The summed E-state index contributed by atoms with van der Waals surface area (Å²) in [5, 5.41) is 0. The Morgan fingerprint density at radius 1 is 1.17 bits per heavy atom. The van der Waals surface area contributed by atoms with Gasteiger partial charge in [0.15, 0.2) is 12.1 Å². The van der Waals surface area contributed by atoms with Crippen LogP contribution < -0.4 is 4.74 Å². The molecule has 1 aromatic carbocycles. The maximum Gasteiger partial charge on any atom is 0.333 e. The third kappa shape index (κ3) is 8.57. The minimum Gasteiger partial charge on any atom is -0.490 e. The van der Waals surface area contributed by atoms with Crippen LogP contribution in [0.15, 0.2) is 30.3 Å². The summed E-state index contributed by atoms with van der Waals surface area (Å²) in [5.74, 6) is -1.75. The van der Waals surface area contributed by atoms with Gasteiger partial charge in [-0.2, -0.15) is 0 Å². The van der Waals surface area contributed by atoms with Gasteiger partial charge in [-0.15, -0.1) is 0 Å². The van der Waals surface area contributed by atoms with Crippen molar-refractivity contribution in [3.63, 3.8) is 0 Å². The molecular formula is C22H26O8. The molecule has 30 heavy (non-hydrogen) atoms. The number of ketones is 1. The molecule has 0 bridgehead atoms. The van der Waals surface area contributed by atoms with E-state index in [9.17, 15) is 19.2 Å². The van der Waals surface area contributed by atoms with E-state index in [4.69, 9.17) is 18.9 Å². The monoisotopic (exact) mass is 418 g/mol. The van der Waals surface area contributed by atoms with Crippen LogP contribution in [0, 0.1) is 5.92 Å². The van der Waals surface area contributed by atoms with Gasteiger partial charge in [-0.05, 0) is 36.6 Å². The van der Waals surface area contributed by atoms with Crippen molar-refractivity contribution >= 4 is 30.1 Å². The molecule has 8 heteroatoms. The van der Waals surface area contributed by atoms with E-state index in [1.807, 2.05) is 0 Å². The molecule has 8 nitrogen and oxygen atoms in total. The largest absolute Gasteiger partial charge is 0.490 e. The number of benzene rings is 1. The fourth-order valence-electron chi connectivity index (χ4n) is 2.69. The summed E-state index contributed by atoms with van der Waals surface area (Å²) in [7, 11) is 0. The normalized spacial score (nSPS) is 17.2. The molecule has 2 rings (SSSR count). The molecule has 0 aromatic heterocycles. The molecule has 0 aliphatic carbocycles. The number of ether oxygens (including phenoxy) is 4. The number of aldehydes is 1. The topological polar surface area (TPSA) is 105 Å².